The van der Waals surface area contributed by atoms with Gasteiger partial charge in [0, 0.05) is 20.0 Å². The molecule has 0 radical (unpaired) electrons. The van der Waals surface area contributed by atoms with Crippen molar-refractivity contribution in [2.75, 3.05) is 7.11 Å². The number of carbonyl (C=O) groups is 2. The summed E-state index contributed by atoms with van der Waals surface area (Å²) in [6.07, 6.45) is -0.691. The minimum Gasteiger partial charge on any atom is -0.497 e. The van der Waals surface area contributed by atoms with E-state index in [9.17, 15) is 14.4 Å². The molecular weight excluding hydrogens is 398 g/mol. The Morgan fingerprint density at radius 1 is 1.13 bits per heavy atom. The van der Waals surface area contributed by atoms with Crippen LogP contribution in [-0.2, 0) is 34.3 Å². The average Bonchev–Trinajstić information content (AvgIpc) is 2.79. The maximum atomic E-state index is 12.4. The minimum absolute atomic E-state index is 0.00865. The first-order chi connectivity index (χ1) is 14.9. The number of amides is 1. The van der Waals surface area contributed by atoms with Crippen molar-refractivity contribution in [3.05, 3.63) is 70.3 Å². The van der Waals surface area contributed by atoms with E-state index in [2.05, 4.69) is 10.3 Å². The van der Waals surface area contributed by atoms with Gasteiger partial charge in [-0.2, -0.15) is 0 Å². The summed E-state index contributed by atoms with van der Waals surface area (Å²) in [6.45, 7) is 1.83. The van der Waals surface area contributed by atoms with E-state index < -0.39 is 12.1 Å². The summed E-state index contributed by atoms with van der Waals surface area (Å²) >= 11 is 0. The maximum absolute atomic E-state index is 12.4. The first-order valence-corrected chi connectivity index (χ1v) is 9.94. The van der Waals surface area contributed by atoms with Crippen molar-refractivity contribution in [2.24, 2.45) is 7.05 Å². The van der Waals surface area contributed by atoms with Gasteiger partial charge in [-0.1, -0.05) is 24.3 Å². The first kappa shape index (κ1) is 22.0. The average molecular weight is 423 g/mol. The Bertz CT molecular complexity index is 1140. The predicted octanol–water partition coefficient (Wildman–Crippen LogP) is 2.12. The molecule has 8 nitrogen and oxygen atoms in total. The van der Waals surface area contributed by atoms with Crippen molar-refractivity contribution in [1.82, 2.24) is 14.9 Å². The van der Waals surface area contributed by atoms with Crippen molar-refractivity contribution in [1.29, 1.82) is 0 Å². The lowest BCUT2D eigenvalue weighted by molar-refractivity contribution is -0.154. The molecule has 1 N–H and O–H groups in total. The Balaban J connectivity index is 1.52. The van der Waals surface area contributed by atoms with Gasteiger partial charge in [0.1, 0.15) is 11.6 Å². The molecule has 0 bridgehead atoms. The number of fused-ring (bicyclic) bond motifs is 1. The molecule has 2 aromatic carbocycles. The number of para-hydroxylation sites is 1. The number of hydrogen-bond acceptors (Lipinski definition) is 6. The van der Waals surface area contributed by atoms with E-state index in [-0.39, 0.29) is 24.3 Å². The van der Waals surface area contributed by atoms with E-state index in [1.54, 1.807) is 50.6 Å². The lowest BCUT2D eigenvalue weighted by Gasteiger charge is -2.14. The molecule has 1 heterocycles. The number of methoxy groups -OCH3 is 1. The standard InChI is InChI=1S/C23H25N3O5/c1-15(22(28)24-14-16-8-10-17(30-3)11-9-16)31-21(27)13-12-20-25-19-7-5-4-6-18(19)23(29)26(20)2/h4-11,15H,12-14H2,1-3H3,(H,24,28)/t15-/m0/s1. The SMILES string of the molecule is COc1ccc(CNC(=O)[C@H](C)OC(=O)CCc2nc3ccccc3c(=O)n2C)cc1. The molecule has 1 atom stereocenters. The summed E-state index contributed by atoms with van der Waals surface area (Å²) in [6, 6.07) is 14.4. The van der Waals surface area contributed by atoms with Crippen LogP contribution in [0.25, 0.3) is 10.9 Å². The number of esters is 1. The fraction of sp³-hybridized carbons (Fsp3) is 0.304. The van der Waals surface area contributed by atoms with E-state index in [0.717, 1.165) is 11.3 Å². The van der Waals surface area contributed by atoms with Crippen LogP contribution in [0.5, 0.6) is 5.75 Å². The monoisotopic (exact) mass is 423 g/mol. The molecule has 8 heteroatoms. The summed E-state index contributed by atoms with van der Waals surface area (Å²) in [5.41, 5.74) is 1.32. The molecule has 0 aliphatic rings. The van der Waals surface area contributed by atoms with Crippen molar-refractivity contribution < 1.29 is 19.1 Å². The largest absolute Gasteiger partial charge is 0.497 e. The molecule has 0 spiro atoms. The number of carbonyl (C=O) groups excluding carboxylic acids is 2. The molecular formula is C23H25N3O5. The summed E-state index contributed by atoms with van der Waals surface area (Å²) < 4.78 is 11.8. The lowest BCUT2D eigenvalue weighted by atomic mass is 10.2. The Kier molecular flexibility index (Phi) is 7.02. The van der Waals surface area contributed by atoms with Crippen LogP contribution in [0.4, 0.5) is 0 Å². The topological polar surface area (TPSA) is 99.5 Å². The van der Waals surface area contributed by atoms with E-state index in [0.29, 0.717) is 23.3 Å². The fourth-order valence-electron chi connectivity index (χ4n) is 3.09. The van der Waals surface area contributed by atoms with Gasteiger partial charge in [-0.25, -0.2) is 4.98 Å². The van der Waals surface area contributed by atoms with E-state index in [4.69, 9.17) is 9.47 Å². The van der Waals surface area contributed by atoms with Crippen molar-refractivity contribution >= 4 is 22.8 Å². The number of nitrogens with one attached hydrogen (secondary N) is 1. The van der Waals surface area contributed by atoms with Crippen LogP contribution in [0.3, 0.4) is 0 Å². The molecule has 1 amide bonds. The van der Waals surface area contributed by atoms with Crippen molar-refractivity contribution in [3.8, 4) is 5.75 Å². The summed E-state index contributed by atoms with van der Waals surface area (Å²) in [7, 11) is 3.21. The van der Waals surface area contributed by atoms with Crippen LogP contribution in [0.1, 0.15) is 24.7 Å². The molecule has 1 aromatic heterocycles. The summed E-state index contributed by atoms with van der Waals surface area (Å²) in [4.78, 5) is 41.3. The number of ether oxygens (including phenoxy) is 2. The summed E-state index contributed by atoms with van der Waals surface area (Å²) in [5.74, 6) is 0.294. The highest BCUT2D eigenvalue weighted by atomic mass is 16.5. The van der Waals surface area contributed by atoms with E-state index in [1.807, 2.05) is 12.1 Å². The number of benzene rings is 2. The van der Waals surface area contributed by atoms with Gasteiger partial charge in [0.05, 0.1) is 24.4 Å². The van der Waals surface area contributed by atoms with E-state index in [1.165, 1.54) is 11.5 Å². The lowest BCUT2D eigenvalue weighted by Crippen LogP contribution is -2.35. The minimum atomic E-state index is -0.931. The Labute approximate surface area is 179 Å². The third-order valence-corrected chi connectivity index (χ3v) is 4.93. The zero-order valence-electron chi connectivity index (χ0n) is 17.8. The highest BCUT2D eigenvalue weighted by Crippen LogP contribution is 2.11. The molecule has 3 rings (SSSR count). The highest BCUT2D eigenvalue weighted by molar-refractivity contribution is 5.83. The molecule has 0 saturated heterocycles. The number of aromatic nitrogens is 2. The van der Waals surface area contributed by atoms with E-state index >= 15 is 0 Å². The van der Waals surface area contributed by atoms with Crippen LogP contribution in [0, 0.1) is 0 Å². The Morgan fingerprint density at radius 3 is 2.55 bits per heavy atom. The normalized spacial score (nSPS) is 11.7. The van der Waals surface area contributed by atoms with Crippen molar-refractivity contribution in [3.63, 3.8) is 0 Å². The Morgan fingerprint density at radius 2 is 1.84 bits per heavy atom. The smallest absolute Gasteiger partial charge is 0.307 e. The van der Waals surface area contributed by atoms with Crippen LogP contribution in [0.15, 0.2) is 53.3 Å². The quantitative estimate of drug-likeness (QED) is 0.557. The van der Waals surface area contributed by atoms with Crippen LogP contribution in [0.2, 0.25) is 0 Å². The molecule has 162 valence electrons. The van der Waals surface area contributed by atoms with Gasteiger partial charge in [-0.15, -0.1) is 0 Å². The molecule has 0 fully saturated rings. The zero-order chi connectivity index (χ0) is 22.4. The van der Waals surface area contributed by atoms with Gasteiger partial charge in [-0.05, 0) is 36.8 Å². The third kappa shape index (κ3) is 5.48. The summed E-state index contributed by atoms with van der Waals surface area (Å²) in [5, 5.41) is 3.26. The predicted molar refractivity (Wildman–Crippen MR) is 116 cm³/mol. The molecule has 31 heavy (non-hydrogen) atoms. The second-order valence-electron chi connectivity index (χ2n) is 7.11. The number of rotatable bonds is 8. The van der Waals surface area contributed by atoms with Gasteiger partial charge in [-0.3, -0.25) is 19.0 Å². The second-order valence-corrected chi connectivity index (χ2v) is 7.11. The highest BCUT2D eigenvalue weighted by Gasteiger charge is 2.18. The molecule has 0 aliphatic heterocycles. The third-order valence-electron chi connectivity index (χ3n) is 4.93. The van der Waals surface area contributed by atoms with Crippen molar-refractivity contribution in [2.45, 2.75) is 32.4 Å². The second kappa shape index (κ2) is 9.88. The molecule has 3 aromatic rings. The number of hydrogen-bond donors (Lipinski definition) is 1. The number of nitrogens with zero attached hydrogens (tertiary/aromatic N) is 2. The molecule has 0 aliphatic carbocycles. The molecule has 0 unspecified atom stereocenters. The molecule has 0 saturated carbocycles. The maximum Gasteiger partial charge on any atom is 0.307 e. The number of aryl methyl sites for hydroxylation is 1. The van der Waals surface area contributed by atoms with Gasteiger partial charge >= 0.3 is 5.97 Å². The fourth-order valence-corrected chi connectivity index (χ4v) is 3.09. The van der Waals surface area contributed by atoms with Crippen LogP contribution >= 0.6 is 0 Å². The zero-order valence-corrected chi connectivity index (χ0v) is 17.8. The van der Waals surface area contributed by atoms with Gasteiger partial charge in [0.25, 0.3) is 11.5 Å². The first-order valence-electron chi connectivity index (χ1n) is 9.94. The van der Waals surface area contributed by atoms with Crippen LogP contribution < -0.4 is 15.6 Å². The van der Waals surface area contributed by atoms with Gasteiger partial charge in [0.2, 0.25) is 0 Å². The van der Waals surface area contributed by atoms with Crippen LogP contribution in [-0.4, -0.2) is 34.6 Å². The van der Waals surface area contributed by atoms with Gasteiger partial charge in [0.15, 0.2) is 6.10 Å². The van der Waals surface area contributed by atoms with Gasteiger partial charge < -0.3 is 14.8 Å². The Hall–Kier alpha value is -3.68.